The standard InChI is InChI=1S/C19H15F2N5O2/c1-9-16(18(27)24-12-3-5-15-11(6-12)8-22-26-15)17(25-19(28)23-9)10-2-4-13(20)14(21)7-10/h2-8,16-17H,1H3,(H,22,26)(H,24,27)(H,25,28). The molecule has 0 fully saturated rings. The van der Waals surface area contributed by atoms with E-state index in [1.165, 1.54) is 6.07 Å². The molecule has 0 saturated carbocycles. The number of anilines is 1. The molecule has 0 radical (unpaired) electrons. The summed E-state index contributed by atoms with van der Waals surface area (Å²) in [6, 6.07) is 6.97. The van der Waals surface area contributed by atoms with Crippen LogP contribution in [0.2, 0.25) is 0 Å². The van der Waals surface area contributed by atoms with Crippen LogP contribution in [0, 0.1) is 17.6 Å². The molecular formula is C19H15F2N5O2. The Kier molecular flexibility index (Phi) is 4.34. The molecule has 2 aromatic carbocycles. The second-order valence-electron chi connectivity index (χ2n) is 6.49. The Labute approximate surface area is 157 Å². The fourth-order valence-electron chi connectivity index (χ4n) is 3.28. The molecule has 3 amide bonds. The van der Waals surface area contributed by atoms with E-state index in [1.807, 2.05) is 0 Å². The highest BCUT2D eigenvalue weighted by Gasteiger charge is 2.37. The summed E-state index contributed by atoms with van der Waals surface area (Å²) in [5.74, 6) is -3.39. The summed E-state index contributed by atoms with van der Waals surface area (Å²) in [7, 11) is 0. The highest BCUT2D eigenvalue weighted by atomic mass is 19.2. The van der Waals surface area contributed by atoms with Crippen molar-refractivity contribution < 1.29 is 18.4 Å². The number of carbonyl (C=O) groups excluding carboxylic acids is 2. The summed E-state index contributed by atoms with van der Waals surface area (Å²) in [4.78, 5) is 28.6. The first-order valence-corrected chi connectivity index (χ1v) is 8.47. The van der Waals surface area contributed by atoms with Gasteiger partial charge in [-0.2, -0.15) is 5.10 Å². The molecule has 1 aliphatic heterocycles. The van der Waals surface area contributed by atoms with Crippen molar-refractivity contribution >= 4 is 34.2 Å². The van der Waals surface area contributed by atoms with Crippen molar-refractivity contribution in [2.24, 2.45) is 10.9 Å². The van der Waals surface area contributed by atoms with Gasteiger partial charge in [0.2, 0.25) is 5.91 Å². The zero-order valence-electron chi connectivity index (χ0n) is 14.7. The minimum absolute atomic E-state index is 0.270. The summed E-state index contributed by atoms with van der Waals surface area (Å²) in [5.41, 5.74) is 1.90. The molecule has 3 aromatic rings. The van der Waals surface area contributed by atoms with Gasteiger partial charge in [0.25, 0.3) is 0 Å². The summed E-state index contributed by atoms with van der Waals surface area (Å²) in [5, 5.41) is 12.9. The lowest BCUT2D eigenvalue weighted by atomic mass is 9.87. The van der Waals surface area contributed by atoms with Gasteiger partial charge in [-0.05, 0) is 42.8 Å². The van der Waals surface area contributed by atoms with E-state index in [1.54, 1.807) is 31.3 Å². The molecule has 0 saturated heterocycles. The predicted octanol–water partition coefficient (Wildman–Crippen LogP) is 3.32. The van der Waals surface area contributed by atoms with Gasteiger partial charge in [-0.1, -0.05) is 6.07 Å². The van der Waals surface area contributed by atoms with E-state index in [0.717, 1.165) is 23.0 Å². The van der Waals surface area contributed by atoms with Crippen LogP contribution in [0.5, 0.6) is 0 Å². The Bertz CT molecular complexity index is 1120. The molecule has 142 valence electrons. The largest absolute Gasteiger partial charge is 0.341 e. The summed E-state index contributed by atoms with van der Waals surface area (Å²) in [6.45, 7) is 1.55. The van der Waals surface area contributed by atoms with Crippen molar-refractivity contribution in [1.82, 2.24) is 15.5 Å². The number of carbonyl (C=O) groups is 2. The smallest absolute Gasteiger partial charge is 0.328 e. The maximum absolute atomic E-state index is 13.7. The minimum atomic E-state index is -1.06. The van der Waals surface area contributed by atoms with Crippen LogP contribution in [0.3, 0.4) is 0 Å². The van der Waals surface area contributed by atoms with Crippen molar-refractivity contribution in [1.29, 1.82) is 0 Å². The van der Waals surface area contributed by atoms with Crippen LogP contribution in [0.1, 0.15) is 18.5 Å². The highest BCUT2D eigenvalue weighted by Crippen LogP contribution is 2.29. The van der Waals surface area contributed by atoms with Gasteiger partial charge in [0, 0.05) is 16.8 Å². The second kappa shape index (κ2) is 6.84. The Morgan fingerprint density at radius 1 is 1.14 bits per heavy atom. The SMILES string of the molecule is CC1=NC(=O)NC(c2ccc(F)c(F)c2)C1C(=O)Nc1ccc2[nH]ncc2c1. The number of hydrogen-bond acceptors (Lipinski definition) is 3. The summed E-state index contributed by atoms with van der Waals surface area (Å²) >= 11 is 0. The molecule has 1 aromatic heterocycles. The second-order valence-corrected chi connectivity index (χ2v) is 6.49. The molecule has 0 aliphatic carbocycles. The van der Waals surface area contributed by atoms with Gasteiger partial charge in [-0.25, -0.2) is 18.6 Å². The van der Waals surface area contributed by atoms with E-state index in [-0.39, 0.29) is 11.3 Å². The number of urea groups is 1. The molecule has 28 heavy (non-hydrogen) atoms. The fourth-order valence-corrected chi connectivity index (χ4v) is 3.28. The Hall–Kier alpha value is -3.62. The molecule has 1 aliphatic rings. The van der Waals surface area contributed by atoms with Crippen molar-refractivity contribution in [3.8, 4) is 0 Å². The number of nitrogens with zero attached hydrogens (tertiary/aromatic N) is 2. The van der Waals surface area contributed by atoms with Crippen LogP contribution in [-0.2, 0) is 4.79 Å². The third-order valence-corrected chi connectivity index (χ3v) is 4.63. The molecule has 2 unspecified atom stereocenters. The average Bonchev–Trinajstić information content (AvgIpc) is 3.11. The van der Waals surface area contributed by atoms with Crippen molar-refractivity contribution in [3.63, 3.8) is 0 Å². The Morgan fingerprint density at radius 3 is 2.75 bits per heavy atom. The number of hydrogen-bond donors (Lipinski definition) is 3. The topological polar surface area (TPSA) is 99.2 Å². The van der Waals surface area contributed by atoms with E-state index in [4.69, 9.17) is 0 Å². The van der Waals surface area contributed by atoms with Gasteiger partial charge in [-0.3, -0.25) is 9.89 Å². The zero-order valence-corrected chi connectivity index (χ0v) is 14.7. The number of fused-ring (bicyclic) bond motifs is 1. The normalized spacial score (nSPS) is 19.2. The molecule has 7 nitrogen and oxygen atoms in total. The van der Waals surface area contributed by atoms with E-state index in [9.17, 15) is 18.4 Å². The number of nitrogens with one attached hydrogen (secondary N) is 3. The van der Waals surface area contributed by atoms with Crippen molar-refractivity contribution in [2.75, 3.05) is 5.32 Å². The lowest BCUT2D eigenvalue weighted by Gasteiger charge is -2.30. The molecule has 3 N–H and O–H groups in total. The van der Waals surface area contributed by atoms with E-state index in [2.05, 4.69) is 25.8 Å². The first kappa shape index (κ1) is 17.8. The van der Waals surface area contributed by atoms with Crippen LogP contribution in [0.15, 0.2) is 47.6 Å². The molecule has 2 heterocycles. The molecule has 9 heteroatoms. The van der Waals surface area contributed by atoms with E-state index in [0.29, 0.717) is 5.69 Å². The number of H-pyrrole nitrogens is 1. The maximum atomic E-state index is 13.7. The zero-order chi connectivity index (χ0) is 19.8. The minimum Gasteiger partial charge on any atom is -0.328 e. The van der Waals surface area contributed by atoms with Crippen molar-refractivity contribution in [2.45, 2.75) is 13.0 Å². The molecule has 2 atom stereocenters. The number of amides is 3. The average molecular weight is 383 g/mol. The number of rotatable bonds is 3. The Morgan fingerprint density at radius 2 is 1.96 bits per heavy atom. The number of aromatic amines is 1. The van der Waals surface area contributed by atoms with E-state index < -0.39 is 35.5 Å². The van der Waals surface area contributed by atoms with E-state index >= 15 is 0 Å². The highest BCUT2D eigenvalue weighted by molar-refractivity contribution is 6.13. The van der Waals surface area contributed by atoms with Crippen molar-refractivity contribution in [3.05, 3.63) is 59.8 Å². The van der Waals surface area contributed by atoms with Gasteiger partial charge in [0.05, 0.1) is 17.8 Å². The van der Waals surface area contributed by atoms with Gasteiger partial charge < -0.3 is 10.6 Å². The van der Waals surface area contributed by atoms with Gasteiger partial charge in [0.1, 0.15) is 5.92 Å². The molecule has 0 bridgehead atoms. The third-order valence-electron chi connectivity index (χ3n) is 4.63. The number of halogens is 2. The lowest BCUT2D eigenvalue weighted by Crippen LogP contribution is -2.45. The molecule has 4 rings (SSSR count). The predicted molar refractivity (Wildman–Crippen MR) is 99.0 cm³/mol. The fraction of sp³-hybridized carbons (Fsp3) is 0.158. The van der Waals surface area contributed by atoms with Crippen LogP contribution in [0.4, 0.5) is 19.3 Å². The number of benzene rings is 2. The van der Waals surface area contributed by atoms with Crippen LogP contribution in [0.25, 0.3) is 10.9 Å². The summed E-state index contributed by atoms with van der Waals surface area (Å²) in [6.07, 6.45) is 1.63. The number of aliphatic imine (C=N–C) groups is 1. The maximum Gasteiger partial charge on any atom is 0.341 e. The quantitative estimate of drug-likeness (QED) is 0.647. The molecular weight excluding hydrogens is 368 g/mol. The Balaban J connectivity index is 1.66. The van der Waals surface area contributed by atoms with Crippen LogP contribution < -0.4 is 10.6 Å². The van der Waals surface area contributed by atoms with Gasteiger partial charge >= 0.3 is 6.03 Å². The van der Waals surface area contributed by atoms with Crippen LogP contribution in [-0.4, -0.2) is 27.8 Å². The monoisotopic (exact) mass is 383 g/mol. The van der Waals surface area contributed by atoms with Gasteiger partial charge in [-0.15, -0.1) is 0 Å². The lowest BCUT2D eigenvalue weighted by molar-refractivity contribution is -0.118. The molecule has 0 spiro atoms. The summed E-state index contributed by atoms with van der Waals surface area (Å²) < 4.78 is 27.0. The third kappa shape index (κ3) is 3.22. The first-order chi connectivity index (χ1) is 13.4. The van der Waals surface area contributed by atoms with Crippen LogP contribution >= 0.6 is 0 Å². The first-order valence-electron chi connectivity index (χ1n) is 8.47. The van der Waals surface area contributed by atoms with Gasteiger partial charge in [0.15, 0.2) is 11.6 Å². The number of aromatic nitrogens is 2.